The molecule has 0 amide bonds. The van der Waals surface area contributed by atoms with Crippen LogP contribution in [-0.4, -0.2) is 39.7 Å². The van der Waals surface area contributed by atoms with Crippen LogP contribution in [0.3, 0.4) is 0 Å². The zero-order valence-electron chi connectivity index (χ0n) is 14.4. The third kappa shape index (κ3) is 4.97. The second kappa shape index (κ2) is 8.73. The fourth-order valence-electron chi connectivity index (χ4n) is 2.20. The lowest BCUT2D eigenvalue weighted by atomic mass is 10.1. The van der Waals surface area contributed by atoms with E-state index in [2.05, 4.69) is 0 Å². The van der Waals surface area contributed by atoms with E-state index < -0.39 is 5.97 Å². The number of carbonyl (C=O) groups excluding carboxylic acids is 2. The lowest BCUT2D eigenvalue weighted by molar-refractivity contribution is -0.141. The fraction of sp³-hybridized carbons (Fsp3) is 0.263. The molecule has 0 heterocycles. The molecule has 132 valence electrons. The van der Waals surface area contributed by atoms with E-state index >= 15 is 0 Å². The van der Waals surface area contributed by atoms with E-state index in [1.165, 1.54) is 14.2 Å². The molecule has 6 heteroatoms. The summed E-state index contributed by atoms with van der Waals surface area (Å²) in [6, 6.07) is 11.9. The maximum absolute atomic E-state index is 12.2. The summed E-state index contributed by atoms with van der Waals surface area (Å²) in [7, 11) is 4.57. The SMILES string of the molecule is COc1ccc(CC(=O)OCC(=O)c2ccc(OC)c(OC)c2)cc1. The van der Waals surface area contributed by atoms with Crippen LogP contribution < -0.4 is 14.2 Å². The molecular weight excluding hydrogens is 324 g/mol. The monoisotopic (exact) mass is 344 g/mol. The van der Waals surface area contributed by atoms with E-state index in [1.807, 2.05) is 0 Å². The van der Waals surface area contributed by atoms with Crippen LogP contribution in [0.4, 0.5) is 0 Å². The molecule has 0 saturated carbocycles. The highest BCUT2D eigenvalue weighted by Gasteiger charge is 2.13. The maximum Gasteiger partial charge on any atom is 0.310 e. The molecule has 0 aliphatic heterocycles. The van der Waals surface area contributed by atoms with Gasteiger partial charge in [-0.3, -0.25) is 9.59 Å². The third-order valence-electron chi connectivity index (χ3n) is 3.58. The molecule has 0 bridgehead atoms. The Morgan fingerprint density at radius 1 is 0.840 bits per heavy atom. The Morgan fingerprint density at radius 3 is 2.12 bits per heavy atom. The van der Waals surface area contributed by atoms with Crippen LogP contribution in [0.25, 0.3) is 0 Å². The summed E-state index contributed by atoms with van der Waals surface area (Å²) in [6.45, 7) is -0.329. The molecule has 0 aliphatic rings. The molecule has 25 heavy (non-hydrogen) atoms. The van der Waals surface area contributed by atoms with E-state index in [9.17, 15) is 9.59 Å². The van der Waals surface area contributed by atoms with Crippen LogP contribution in [0.15, 0.2) is 42.5 Å². The molecule has 0 saturated heterocycles. The summed E-state index contributed by atoms with van der Waals surface area (Å²) in [5.41, 5.74) is 1.17. The van der Waals surface area contributed by atoms with E-state index in [4.69, 9.17) is 18.9 Å². The van der Waals surface area contributed by atoms with Crippen molar-refractivity contribution >= 4 is 11.8 Å². The van der Waals surface area contributed by atoms with Gasteiger partial charge in [-0.1, -0.05) is 12.1 Å². The second-order valence-electron chi connectivity index (χ2n) is 5.18. The highest BCUT2D eigenvalue weighted by atomic mass is 16.5. The van der Waals surface area contributed by atoms with Gasteiger partial charge >= 0.3 is 5.97 Å². The number of carbonyl (C=O) groups is 2. The van der Waals surface area contributed by atoms with E-state index in [1.54, 1.807) is 49.6 Å². The van der Waals surface area contributed by atoms with Crippen molar-refractivity contribution in [1.29, 1.82) is 0 Å². The molecule has 0 aromatic heterocycles. The zero-order chi connectivity index (χ0) is 18.2. The van der Waals surface area contributed by atoms with Crippen LogP contribution in [0.1, 0.15) is 15.9 Å². The van der Waals surface area contributed by atoms with E-state index in [0.717, 1.165) is 5.56 Å². The Bertz CT molecular complexity index is 736. The molecular formula is C19H20O6. The molecule has 0 fully saturated rings. The van der Waals surface area contributed by atoms with Crippen LogP contribution in [0.5, 0.6) is 17.2 Å². The van der Waals surface area contributed by atoms with Crippen molar-refractivity contribution in [3.05, 3.63) is 53.6 Å². The lowest BCUT2D eigenvalue weighted by Crippen LogP contribution is -2.15. The number of methoxy groups -OCH3 is 3. The minimum atomic E-state index is -0.473. The van der Waals surface area contributed by atoms with Gasteiger partial charge in [0.1, 0.15) is 5.75 Å². The molecule has 0 aliphatic carbocycles. The predicted octanol–water partition coefficient (Wildman–Crippen LogP) is 2.68. The molecule has 2 aromatic carbocycles. The minimum Gasteiger partial charge on any atom is -0.497 e. The molecule has 0 spiro atoms. The molecule has 6 nitrogen and oxygen atoms in total. The Kier molecular flexibility index (Phi) is 6.39. The smallest absolute Gasteiger partial charge is 0.310 e. The van der Waals surface area contributed by atoms with Crippen LogP contribution >= 0.6 is 0 Å². The summed E-state index contributed by atoms with van der Waals surface area (Å²) in [5.74, 6) is 0.886. The maximum atomic E-state index is 12.2. The summed E-state index contributed by atoms with van der Waals surface area (Å²) in [4.78, 5) is 24.0. The average Bonchev–Trinajstić information content (AvgIpc) is 2.66. The summed E-state index contributed by atoms with van der Waals surface area (Å²) in [5, 5.41) is 0. The Hall–Kier alpha value is -3.02. The van der Waals surface area contributed by atoms with Crippen molar-refractivity contribution in [2.75, 3.05) is 27.9 Å². The highest BCUT2D eigenvalue weighted by Crippen LogP contribution is 2.27. The van der Waals surface area contributed by atoms with Gasteiger partial charge in [-0.2, -0.15) is 0 Å². The first kappa shape index (κ1) is 18.3. The first-order valence-corrected chi connectivity index (χ1v) is 7.61. The average molecular weight is 344 g/mol. The summed E-state index contributed by atoms with van der Waals surface area (Å²) < 4.78 is 20.4. The van der Waals surface area contributed by atoms with Crippen molar-refractivity contribution < 1.29 is 28.5 Å². The quantitative estimate of drug-likeness (QED) is 0.542. The van der Waals surface area contributed by atoms with Gasteiger partial charge in [-0.25, -0.2) is 0 Å². The minimum absolute atomic E-state index is 0.0865. The van der Waals surface area contributed by atoms with Gasteiger partial charge in [-0.05, 0) is 35.9 Å². The number of esters is 1. The Balaban J connectivity index is 1.91. The zero-order valence-corrected chi connectivity index (χ0v) is 14.4. The van der Waals surface area contributed by atoms with Gasteiger partial charge in [0.05, 0.1) is 27.8 Å². The van der Waals surface area contributed by atoms with Gasteiger partial charge in [0.2, 0.25) is 0 Å². The van der Waals surface area contributed by atoms with Crippen molar-refractivity contribution in [2.45, 2.75) is 6.42 Å². The number of ether oxygens (including phenoxy) is 4. The molecule has 2 rings (SSSR count). The third-order valence-corrected chi connectivity index (χ3v) is 3.58. The van der Waals surface area contributed by atoms with Crippen LogP contribution in [0, 0.1) is 0 Å². The highest BCUT2D eigenvalue weighted by molar-refractivity contribution is 5.98. The van der Waals surface area contributed by atoms with E-state index in [0.29, 0.717) is 22.8 Å². The first-order chi connectivity index (χ1) is 12.1. The van der Waals surface area contributed by atoms with Gasteiger partial charge in [0.15, 0.2) is 23.9 Å². The topological polar surface area (TPSA) is 71.1 Å². The molecule has 0 atom stereocenters. The van der Waals surface area contributed by atoms with Crippen molar-refractivity contribution in [3.63, 3.8) is 0 Å². The van der Waals surface area contributed by atoms with Crippen molar-refractivity contribution in [1.82, 2.24) is 0 Å². The summed E-state index contributed by atoms with van der Waals surface area (Å²) >= 11 is 0. The van der Waals surface area contributed by atoms with Gasteiger partial charge in [0, 0.05) is 5.56 Å². The number of hydrogen-bond acceptors (Lipinski definition) is 6. The van der Waals surface area contributed by atoms with E-state index in [-0.39, 0.29) is 18.8 Å². The predicted molar refractivity (Wildman–Crippen MR) is 91.5 cm³/mol. The number of hydrogen-bond donors (Lipinski definition) is 0. The van der Waals surface area contributed by atoms with Crippen LogP contribution in [0.2, 0.25) is 0 Å². The molecule has 0 N–H and O–H groups in total. The second-order valence-corrected chi connectivity index (χ2v) is 5.18. The molecule has 0 unspecified atom stereocenters. The van der Waals surface area contributed by atoms with Gasteiger partial charge in [-0.15, -0.1) is 0 Å². The van der Waals surface area contributed by atoms with Crippen LogP contribution in [-0.2, 0) is 16.0 Å². The molecule has 0 radical (unpaired) electrons. The fourth-order valence-corrected chi connectivity index (χ4v) is 2.20. The number of benzene rings is 2. The lowest BCUT2D eigenvalue weighted by Gasteiger charge is -2.09. The largest absolute Gasteiger partial charge is 0.497 e. The van der Waals surface area contributed by atoms with Crippen molar-refractivity contribution in [3.8, 4) is 17.2 Å². The first-order valence-electron chi connectivity index (χ1n) is 7.61. The number of ketones is 1. The summed E-state index contributed by atoms with van der Waals surface area (Å²) in [6.07, 6.45) is 0.0865. The Labute approximate surface area is 146 Å². The Morgan fingerprint density at radius 2 is 1.52 bits per heavy atom. The van der Waals surface area contributed by atoms with Gasteiger partial charge in [0.25, 0.3) is 0 Å². The normalized spacial score (nSPS) is 10.0. The molecule has 2 aromatic rings. The van der Waals surface area contributed by atoms with Gasteiger partial charge < -0.3 is 18.9 Å². The number of rotatable bonds is 8. The standard InChI is InChI=1S/C19H20O6/c1-22-15-7-4-13(5-8-15)10-19(21)25-12-16(20)14-6-9-17(23-2)18(11-14)24-3/h4-9,11H,10,12H2,1-3H3. The number of Topliss-reactive ketones (excluding diaryl/α,β-unsaturated/α-hetero) is 1. The van der Waals surface area contributed by atoms with Crippen molar-refractivity contribution in [2.24, 2.45) is 0 Å².